The van der Waals surface area contributed by atoms with Gasteiger partial charge in [-0.05, 0) is 48.9 Å². The lowest BCUT2D eigenvalue weighted by molar-refractivity contribution is -0.128. The van der Waals surface area contributed by atoms with E-state index < -0.39 is 0 Å². The molecule has 1 aromatic heterocycles. The standard InChI is InChI=1S/C24H29N3O3/c1-18(28)27-15-21(17-30-22-7-3-2-4-8-22)23(16-27)19-9-12-26(13-10-19)24(29)20-6-5-11-25-14-20/h2-8,11,14,19,21,23H,9-10,12-13,15-17H2,1H3/t21-,23-/m0/s1. The van der Waals surface area contributed by atoms with Crippen molar-refractivity contribution in [2.45, 2.75) is 19.8 Å². The Balaban J connectivity index is 1.37. The van der Waals surface area contributed by atoms with Crippen LogP contribution in [-0.4, -0.2) is 59.4 Å². The summed E-state index contributed by atoms with van der Waals surface area (Å²) in [5.41, 5.74) is 0.647. The molecule has 0 N–H and O–H groups in total. The molecule has 2 atom stereocenters. The summed E-state index contributed by atoms with van der Waals surface area (Å²) in [6.07, 6.45) is 5.24. The fraction of sp³-hybridized carbons (Fsp3) is 0.458. The average Bonchev–Trinajstić information content (AvgIpc) is 3.23. The molecule has 0 bridgehead atoms. The van der Waals surface area contributed by atoms with Crippen LogP contribution in [-0.2, 0) is 4.79 Å². The van der Waals surface area contributed by atoms with Crippen LogP contribution in [0.5, 0.6) is 5.75 Å². The van der Waals surface area contributed by atoms with Gasteiger partial charge in [-0.2, -0.15) is 0 Å². The first kappa shape index (κ1) is 20.4. The van der Waals surface area contributed by atoms with Crippen LogP contribution >= 0.6 is 0 Å². The van der Waals surface area contributed by atoms with E-state index >= 15 is 0 Å². The molecule has 158 valence electrons. The molecule has 2 saturated heterocycles. The molecule has 2 aliphatic rings. The van der Waals surface area contributed by atoms with Gasteiger partial charge in [-0.25, -0.2) is 0 Å². The van der Waals surface area contributed by atoms with Crippen molar-refractivity contribution in [1.29, 1.82) is 0 Å². The Morgan fingerprint density at radius 3 is 2.47 bits per heavy atom. The minimum absolute atomic E-state index is 0.0577. The average molecular weight is 408 g/mol. The number of pyridine rings is 1. The summed E-state index contributed by atoms with van der Waals surface area (Å²) < 4.78 is 6.05. The van der Waals surface area contributed by atoms with Crippen molar-refractivity contribution in [2.24, 2.45) is 17.8 Å². The minimum Gasteiger partial charge on any atom is -0.493 e. The summed E-state index contributed by atoms with van der Waals surface area (Å²) in [5.74, 6) is 2.28. The van der Waals surface area contributed by atoms with Gasteiger partial charge in [-0.15, -0.1) is 0 Å². The summed E-state index contributed by atoms with van der Waals surface area (Å²) >= 11 is 0. The molecule has 2 aromatic rings. The number of hydrogen-bond donors (Lipinski definition) is 0. The Kier molecular flexibility index (Phi) is 6.31. The van der Waals surface area contributed by atoms with E-state index in [0.717, 1.165) is 44.8 Å². The molecule has 4 rings (SSSR count). The number of piperidine rings is 1. The van der Waals surface area contributed by atoms with E-state index in [1.54, 1.807) is 25.4 Å². The molecule has 0 radical (unpaired) electrons. The van der Waals surface area contributed by atoms with Gasteiger partial charge in [0.15, 0.2) is 0 Å². The normalized spacial score (nSPS) is 22.2. The highest BCUT2D eigenvalue weighted by Crippen LogP contribution is 2.36. The largest absolute Gasteiger partial charge is 0.493 e. The second-order valence-electron chi connectivity index (χ2n) is 8.34. The summed E-state index contributed by atoms with van der Waals surface area (Å²) in [5, 5.41) is 0. The number of amides is 2. The fourth-order valence-electron chi connectivity index (χ4n) is 4.79. The van der Waals surface area contributed by atoms with E-state index in [1.165, 1.54) is 0 Å². The zero-order valence-electron chi connectivity index (χ0n) is 17.4. The van der Waals surface area contributed by atoms with Crippen LogP contribution < -0.4 is 4.74 Å². The molecule has 2 fully saturated rings. The first-order valence-corrected chi connectivity index (χ1v) is 10.7. The fourth-order valence-corrected chi connectivity index (χ4v) is 4.79. The highest BCUT2D eigenvalue weighted by molar-refractivity contribution is 5.93. The third kappa shape index (κ3) is 4.64. The maximum Gasteiger partial charge on any atom is 0.255 e. The smallest absolute Gasteiger partial charge is 0.255 e. The molecule has 1 aromatic carbocycles. The van der Waals surface area contributed by atoms with Crippen LogP contribution in [0, 0.1) is 17.8 Å². The molecule has 0 aliphatic carbocycles. The second kappa shape index (κ2) is 9.28. The SMILES string of the molecule is CC(=O)N1C[C@@H](COc2ccccc2)[C@H](C2CCN(C(=O)c3cccnc3)CC2)C1. The number of nitrogens with zero attached hydrogens (tertiary/aromatic N) is 3. The van der Waals surface area contributed by atoms with Crippen molar-refractivity contribution in [3.05, 3.63) is 60.4 Å². The van der Waals surface area contributed by atoms with Crippen molar-refractivity contribution >= 4 is 11.8 Å². The van der Waals surface area contributed by atoms with Crippen LogP contribution in [0.3, 0.4) is 0 Å². The molecular formula is C24H29N3O3. The number of para-hydroxylation sites is 1. The van der Waals surface area contributed by atoms with Gasteiger partial charge in [0.2, 0.25) is 5.91 Å². The Morgan fingerprint density at radius 2 is 1.80 bits per heavy atom. The lowest BCUT2D eigenvalue weighted by atomic mass is 9.78. The Bertz CT molecular complexity index is 851. The molecule has 3 heterocycles. The van der Waals surface area contributed by atoms with E-state index in [2.05, 4.69) is 4.98 Å². The molecule has 30 heavy (non-hydrogen) atoms. The minimum atomic E-state index is 0.0577. The molecule has 2 amide bonds. The van der Waals surface area contributed by atoms with Crippen molar-refractivity contribution in [3.8, 4) is 5.75 Å². The van der Waals surface area contributed by atoms with Crippen LogP contribution in [0.1, 0.15) is 30.1 Å². The third-order valence-electron chi connectivity index (χ3n) is 6.49. The summed E-state index contributed by atoms with van der Waals surface area (Å²) in [6.45, 7) is 5.31. The number of carbonyl (C=O) groups is 2. The zero-order valence-corrected chi connectivity index (χ0v) is 17.4. The Labute approximate surface area is 177 Å². The molecule has 0 spiro atoms. The van der Waals surface area contributed by atoms with Gasteiger partial charge in [-0.3, -0.25) is 14.6 Å². The first-order chi connectivity index (χ1) is 14.6. The van der Waals surface area contributed by atoms with Gasteiger partial charge in [0, 0.05) is 51.4 Å². The quantitative estimate of drug-likeness (QED) is 0.764. The molecule has 0 saturated carbocycles. The van der Waals surface area contributed by atoms with Gasteiger partial charge in [0.25, 0.3) is 5.91 Å². The number of aromatic nitrogens is 1. The maximum absolute atomic E-state index is 12.7. The third-order valence-corrected chi connectivity index (χ3v) is 6.49. The lowest BCUT2D eigenvalue weighted by Gasteiger charge is -2.36. The lowest BCUT2D eigenvalue weighted by Crippen LogP contribution is -2.41. The van der Waals surface area contributed by atoms with Crippen molar-refractivity contribution < 1.29 is 14.3 Å². The first-order valence-electron chi connectivity index (χ1n) is 10.7. The predicted octanol–water partition coefficient (Wildman–Crippen LogP) is 3.11. The van der Waals surface area contributed by atoms with Crippen molar-refractivity contribution in [2.75, 3.05) is 32.8 Å². The predicted molar refractivity (Wildman–Crippen MR) is 114 cm³/mol. The van der Waals surface area contributed by atoms with E-state index in [9.17, 15) is 9.59 Å². The van der Waals surface area contributed by atoms with Crippen molar-refractivity contribution in [3.63, 3.8) is 0 Å². The van der Waals surface area contributed by atoms with Gasteiger partial charge < -0.3 is 14.5 Å². The highest BCUT2D eigenvalue weighted by atomic mass is 16.5. The van der Waals surface area contributed by atoms with Gasteiger partial charge in [0.05, 0.1) is 12.2 Å². The van der Waals surface area contributed by atoms with Gasteiger partial charge in [-0.1, -0.05) is 18.2 Å². The summed E-state index contributed by atoms with van der Waals surface area (Å²) in [4.78, 5) is 32.7. The van der Waals surface area contributed by atoms with Crippen LogP contribution in [0.2, 0.25) is 0 Å². The molecule has 6 heteroatoms. The molecule has 0 unspecified atom stereocenters. The number of likely N-dealkylation sites (tertiary alicyclic amines) is 2. The number of carbonyl (C=O) groups excluding carboxylic acids is 2. The van der Waals surface area contributed by atoms with E-state index in [4.69, 9.17) is 4.74 Å². The van der Waals surface area contributed by atoms with Gasteiger partial charge >= 0.3 is 0 Å². The Morgan fingerprint density at radius 1 is 1.03 bits per heavy atom. The van der Waals surface area contributed by atoms with Crippen LogP contribution in [0.25, 0.3) is 0 Å². The molecule has 2 aliphatic heterocycles. The van der Waals surface area contributed by atoms with Crippen molar-refractivity contribution in [1.82, 2.24) is 14.8 Å². The maximum atomic E-state index is 12.7. The monoisotopic (exact) mass is 407 g/mol. The summed E-state index contributed by atoms with van der Waals surface area (Å²) in [6, 6.07) is 13.5. The van der Waals surface area contributed by atoms with Gasteiger partial charge in [0.1, 0.15) is 5.75 Å². The molecule has 6 nitrogen and oxygen atoms in total. The Hall–Kier alpha value is -2.89. The highest BCUT2D eigenvalue weighted by Gasteiger charge is 2.40. The topological polar surface area (TPSA) is 62.7 Å². The van der Waals surface area contributed by atoms with E-state index in [-0.39, 0.29) is 11.8 Å². The second-order valence-corrected chi connectivity index (χ2v) is 8.34. The number of ether oxygens (including phenoxy) is 1. The number of rotatable bonds is 5. The summed E-state index contributed by atoms with van der Waals surface area (Å²) in [7, 11) is 0. The van der Waals surface area contributed by atoms with Crippen LogP contribution in [0.4, 0.5) is 0 Å². The van der Waals surface area contributed by atoms with Crippen LogP contribution in [0.15, 0.2) is 54.9 Å². The number of hydrogen-bond acceptors (Lipinski definition) is 4. The van der Waals surface area contributed by atoms with E-state index in [1.807, 2.05) is 46.2 Å². The zero-order chi connectivity index (χ0) is 20.9. The van der Waals surface area contributed by atoms with E-state index in [0.29, 0.717) is 29.9 Å². The number of benzene rings is 1. The molecular weight excluding hydrogens is 378 g/mol.